The number of nitrogens with one attached hydrogen (secondary N) is 2. The molecule has 0 amide bonds. The van der Waals surface area contributed by atoms with Crippen molar-refractivity contribution in [1.29, 1.82) is 0 Å². The van der Waals surface area contributed by atoms with Crippen LogP contribution in [-0.4, -0.2) is 32.9 Å². The van der Waals surface area contributed by atoms with Crippen LogP contribution in [0.1, 0.15) is 0 Å². The topological polar surface area (TPSA) is 57.4 Å². The molecular weight excluding hydrogens is 432 g/mol. The Morgan fingerprint density at radius 3 is 1.50 bits per heavy atom. The van der Waals surface area contributed by atoms with Crippen molar-refractivity contribution < 1.29 is 0 Å². The number of H-pyrrole nitrogens is 2. The average Bonchev–Trinajstić information content (AvgIpc) is 3.54. The van der Waals surface area contributed by atoms with Crippen LogP contribution >= 0.6 is 23.5 Å². The van der Waals surface area contributed by atoms with Crippen molar-refractivity contribution in [2.45, 2.75) is 9.79 Å². The lowest BCUT2D eigenvalue weighted by Crippen LogP contribution is -1.82. The van der Waals surface area contributed by atoms with Crippen molar-refractivity contribution in [1.82, 2.24) is 20.4 Å². The zero-order chi connectivity index (χ0) is 21.9. The number of benzene rings is 3. The van der Waals surface area contributed by atoms with Gasteiger partial charge in [0.05, 0.1) is 22.8 Å². The Kier molecular flexibility index (Phi) is 5.88. The van der Waals surface area contributed by atoms with Gasteiger partial charge in [0.2, 0.25) is 0 Å². The maximum absolute atomic E-state index is 4.58. The number of aromatic nitrogens is 4. The zero-order valence-corrected chi connectivity index (χ0v) is 19.4. The van der Waals surface area contributed by atoms with Crippen LogP contribution in [0.5, 0.6) is 0 Å². The van der Waals surface area contributed by atoms with E-state index in [-0.39, 0.29) is 0 Å². The lowest BCUT2D eigenvalue weighted by molar-refractivity contribution is 1.09. The van der Waals surface area contributed by atoms with E-state index in [1.165, 1.54) is 20.9 Å². The largest absolute Gasteiger partial charge is 0.277 e. The number of hydrogen-bond acceptors (Lipinski definition) is 4. The standard InChI is InChI=1S/C26H22N4S2/c1-31-25-12-5-3-10-19(25)23-15-21(27-29-23)17-8-7-9-18(14-17)22-16-24(30-28-22)20-11-4-6-13-26(20)32-2/h3-16H,1-2H3,(H,27,29)(H,28,30). The quantitative estimate of drug-likeness (QED) is 0.265. The predicted molar refractivity (Wildman–Crippen MR) is 136 cm³/mol. The number of thioether (sulfide) groups is 2. The van der Waals surface area contributed by atoms with Gasteiger partial charge in [0.1, 0.15) is 0 Å². The first kappa shape index (κ1) is 20.7. The van der Waals surface area contributed by atoms with E-state index in [1.54, 1.807) is 23.5 Å². The van der Waals surface area contributed by atoms with Gasteiger partial charge in [0.15, 0.2) is 0 Å². The van der Waals surface area contributed by atoms with Crippen LogP contribution < -0.4 is 0 Å². The van der Waals surface area contributed by atoms with Crippen LogP contribution in [0.15, 0.2) is 94.7 Å². The minimum Gasteiger partial charge on any atom is -0.277 e. The number of hydrogen-bond donors (Lipinski definition) is 2. The fraction of sp³-hybridized carbons (Fsp3) is 0.0769. The molecule has 0 spiro atoms. The first-order chi connectivity index (χ1) is 15.8. The summed E-state index contributed by atoms with van der Waals surface area (Å²) in [4.78, 5) is 2.46. The van der Waals surface area contributed by atoms with Crippen molar-refractivity contribution in [3.63, 3.8) is 0 Å². The van der Waals surface area contributed by atoms with Gasteiger partial charge in [0.25, 0.3) is 0 Å². The molecule has 2 aromatic heterocycles. The summed E-state index contributed by atoms with van der Waals surface area (Å²) < 4.78 is 0. The zero-order valence-electron chi connectivity index (χ0n) is 17.8. The molecule has 3 aromatic carbocycles. The monoisotopic (exact) mass is 454 g/mol. The first-order valence-electron chi connectivity index (χ1n) is 10.2. The van der Waals surface area contributed by atoms with Crippen LogP contribution in [0.2, 0.25) is 0 Å². The fourth-order valence-corrected chi connectivity index (χ4v) is 5.01. The summed E-state index contributed by atoms with van der Waals surface area (Å²) in [6.45, 7) is 0. The summed E-state index contributed by atoms with van der Waals surface area (Å²) in [5.41, 5.74) is 8.32. The second-order valence-corrected chi connectivity index (χ2v) is 9.01. The number of aromatic amines is 2. The molecule has 0 atom stereocenters. The van der Waals surface area contributed by atoms with Gasteiger partial charge in [0, 0.05) is 32.0 Å². The van der Waals surface area contributed by atoms with E-state index in [4.69, 9.17) is 0 Å². The summed E-state index contributed by atoms with van der Waals surface area (Å²) >= 11 is 3.47. The minimum absolute atomic E-state index is 0.918. The molecule has 158 valence electrons. The Labute approximate surface area is 195 Å². The molecule has 5 aromatic rings. The van der Waals surface area contributed by atoms with Gasteiger partial charge in [-0.25, -0.2) is 0 Å². The Morgan fingerprint density at radius 2 is 1.03 bits per heavy atom. The normalized spacial score (nSPS) is 11.1. The summed E-state index contributed by atoms with van der Waals surface area (Å²) in [6, 6.07) is 29.3. The van der Waals surface area contributed by atoms with E-state index in [9.17, 15) is 0 Å². The average molecular weight is 455 g/mol. The molecule has 0 bridgehead atoms. The van der Waals surface area contributed by atoms with Crippen molar-refractivity contribution >= 4 is 23.5 Å². The van der Waals surface area contributed by atoms with Crippen molar-refractivity contribution in [2.75, 3.05) is 12.5 Å². The maximum Gasteiger partial charge on any atom is 0.0927 e. The SMILES string of the molecule is CSc1ccccc1-c1cc(-c2cccc(-c3cc(-c4ccccc4SC)[nH]n3)c2)n[nH]1. The molecule has 0 aliphatic rings. The van der Waals surface area contributed by atoms with Gasteiger partial charge in [-0.1, -0.05) is 54.6 Å². The molecule has 0 saturated heterocycles. The van der Waals surface area contributed by atoms with Crippen LogP contribution in [0, 0.1) is 0 Å². The van der Waals surface area contributed by atoms with Crippen LogP contribution in [0.4, 0.5) is 0 Å². The van der Waals surface area contributed by atoms with Gasteiger partial charge in [-0.05, 0) is 42.8 Å². The van der Waals surface area contributed by atoms with E-state index in [2.05, 4.69) is 118 Å². The summed E-state index contributed by atoms with van der Waals surface area (Å²) in [5, 5.41) is 15.6. The minimum atomic E-state index is 0.918. The third kappa shape index (κ3) is 3.99. The molecule has 0 unspecified atom stereocenters. The molecule has 4 nitrogen and oxygen atoms in total. The maximum atomic E-state index is 4.58. The molecule has 0 saturated carbocycles. The lowest BCUT2D eigenvalue weighted by atomic mass is 10.0. The summed E-state index contributed by atoms with van der Waals surface area (Å²) in [6.07, 6.45) is 4.19. The smallest absolute Gasteiger partial charge is 0.0927 e. The van der Waals surface area contributed by atoms with Crippen molar-refractivity contribution in [3.05, 3.63) is 84.9 Å². The van der Waals surface area contributed by atoms with E-state index < -0.39 is 0 Å². The second-order valence-electron chi connectivity index (χ2n) is 7.32. The van der Waals surface area contributed by atoms with Gasteiger partial charge >= 0.3 is 0 Å². The molecule has 0 fully saturated rings. The van der Waals surface area contributed by atoms with Gasteiger partial charge in [-0.2, -0.15) is 10.2 Å². The first-order valence-corrected chi connectivity index (χ1v) is 12.7. The molecular formula is C26H22N4S2. The molecule has 0 aliphatic carbocycles. The third-order valence-corrected chi connectivity index (χ3v) is 7.00. The Morgan fingerprint density at radius 1 is 0.562 bits per heavy atom. The Bertz CT molecular complexity index is 1270. The van der Waals surface area contributed by atoms with Crippen LogP contribution in [0.25, 0.3) is 45.0 Å². The highest BCUT2D eigenvalue weighted by molar-refractivity contribution is 7.99. The van der Waals surface area contributed by atoms with Crippen LogP contribution in [-0.2, 0) is 0 Å². The van der Waals surface area contributed by atoms with Crippen molar-refractivity contribution in [3.8, 4) is 45.0 Å². The van der Waals surface area contributed by atoms with Crippen LogP contribution in [0.3, 0.4) is 0 Å². The Balaban J connectivity index is 1.47. The molecule has 2 heterocycles. The van der Waals surface area contributed by atoms with Crippen molar-refractivity contribution in [2.24, 2.45) is 0 Å². The van der Waals surface area contributed by atoms with E-state index in [1.807, 2.05) is 0 Å². The van der Waals surface area contributed by atoms with E-state index in [0.717, 1.165) is 33.9 Å². The second kappa shape index (κ2) is 9.10. The van der Waals surface area contributed by atoms with Gasteiger partial charge < -0.3 is 0 Å². The highest BCUT2D eigenvalue weighted by atomic mass is 32.2. The Hall–Kier alpha value is -3.22. The lowest BCUT2D eigenvalue weighted by Gasteiger charge is -2.04. The highest BCUT2D eigenvalue weighted by Crippen LogP contribution is 2.33. The van der Waals surface area contributed by atoms with E-state index in [0.29, 0.717) is 0 Å². The molecule has 6 heteroatoms. The van der Waals surface area contributed by atoms with Gasteiger partial charge in [-0.3, -0.25) is 10.2 Å². The highest BCUT2D eigenvalue weighted by Gasteiger charge is 2.12. The molecule has 0 aliphatic heterocycles. The molecule has 0 radical (unpaired) electrons. The number of nitrogens with zero attached hydrogens (tertiary/aromatic N) is 2. The molecule has 32 heavy (non-hydrogen) atoms. The summed E-state index contributed by atoms with van der Waals surface area (Å²) in [7, 11) is 0. The van der Waals surface area contributed by atoms with Gasteiger partial charge in [-0.15, -0.1) is 23.5 Å². The predicted octanol–water partition coefficient (Wildman–Crippen LogP) is 7.24. The summed E-state index contributed by atoms with van der Waals surface area (Å²) in [5.74, 6) is 0. The fourth-order valence-electron chi connectivity index (χ4n) is 3.79. The molecule has 5 rings (SSSR count). The third-order valence-electron chi connectivity index (χ3n) is 5.40. The molecule has 2 N–H and O–H groups in total. The number of rotatable bonds is 6. The van der Waals surface area contributed by atoms with E-state index >= 15 is 0 Å².